The lowest BCUT2D eigenvalue weighted by atomic mass is 9.56. The van der Waals surface area contributed by atoms with Crippen LogP contribution in [0.3, 0.4) is 0 Å². The Kier molecular flexibility index (Phi) is 7.28. The standard InChI is InChI=1S/C34H33Cl2FN2O6/c1-2-45-26-16-18(8-15-25(26)40)28-22-13-14-23-27(30(42)38(29(23)41)20-6-4-3-5-7-20)24(22)17-33(35)31(43)39(32(44)34(28,33)36)21-11-9-19(37)10-12-21/h8-13,15-16,20,23-24,27-28,40H,2-7,14,17H2,1H3/t23-,24+,27-,28-,33+,34-/m0/s1. The van der Waals surface area contributed by atoms with Gasteiger partial charge in [0.1, 0.15) is 5.82 Å². The van der Waals surface area contributed by atoms with Crippen LogP contribution in [-0.2, 0) is 19.2 Å². The maximum Gasteiger partial charge on any atom is 0.258 e. The minimum absolute atomic E-state index is 0.116. The Morgan fingerprint density at radius 1 is 0.956 bits per heavy atom. The largest absolute Gasteiger partial charge is 0.504 e. The number of ether oxygens (including phenoxy) is 1. The van der Waals surface area contributed by atoms with Crippen molar-refractivity contribution in [3.8, 4) is 11.5 Å². The van der Waals surface area contributed by atoms with Crippen LogP contribution in [0, 0.1) is 23.6 Å². The van der Waals surface area contributed by atoms with Crippen LogP contribution in [0.5, 0.6) is 11.5 Å². The van der Waals surface area contributed by atoms with E-state index in [2.05, 4.69) is 0 Å². The number of nitrogens with zero attached hydrogens (tertiary/aromatic N) is 2. The summed E-state index contributed by atoms with van der Waals surface area (Å²) in [6, 6.07) is 9.37. The molecule has 6 atom stereocenters. The predicted molar refractivity (Wildman–Crippen MR) is 165 cm³/mol. The number of benzene rings is 2. The van der Waals surface area contributed by atoms with Gasteiger partial charge in [0, 0.05) is 12.0 Å². The minimum atomic E-state index is -2.05. The number of allylic oxidation sites excluding steroid dienone is 2. The lowest BCUT2D eigenvalue weighted by Gasteiger charge is -2.50. The van der Waals surface area contributed by atoms with E-state index in [1.54, 1.807) is 19.1 Å². The van der Waals surface area contributed by atoms with Gasteiger partial charge in [0.15, 0.2) is 21.2 Å². The first kappa shape index (κ1) is 30.2. The van der Waals surface area contributed by atoms with Crippen molar-refractivity contribution in [3.63, 3.8) is 0 Å². The molecule has 0 aromatic heterocycles. The topological polar surface area (TPSA) is 104 Å². The number of anilines is 1. The van der Waals surface area contributed by atoms with Gasteiger partial charge in [-0.3, -0.25) is 24.1 Å². The van der Waals surface area contributed by atoms with Crippen molar-refractivity contribution in [1.82, 2.24) is 4.90 Å². The van der Waals surface area contributed by atoms with E-state index < -0.39 is 51.1 Å². The fourth-order valence-corrected chi connectivity index (χ4v) is 9.41. The molecule has 2 heterocycles. The van der Waals surface area contributed by atoms with Crippen molar-refractivity contribution < 1.29 is 33.4 Å². The number of hydrogen-bond donors (Lipinski definition) is 1. The number of halogens is 3. The third kappa shape index (κ3) is 4.22. The molecular formula is C34H33Cl2FN2O6. The monoisotopic (exact) mass is 654 g/mol. The van der Waals surface area contributed by atoms with Gasteiger partial charge in [-0.15, -0.1) is 23.2 Å². The Labute approximate surface area is 270 Å². The highest BCUT2D eigenvalue weighted by atomic mass is 35.5. The third-order valence-corrected chi connectivity index (χ3v) is 11.9. The Morgan fingerprint density at radius 3 is 2.36 bits per heavy atom. The van der Waals surface area contributed by atoms with Crippen LogP contribution in [0.4, 0.5) is 10.1 Å². The van der Waals surface area contributed by atoms with Crippen LogP contribution < -0.4 is 9.64 Å². The van der Waals surface area contributed by atoms with Crippen molar-refractivity contribution in [2.45, 2.75) is 73.6 Å². The number of carbonyl (C=O) groups is 4. The third-order valence-electron chi connectivity index (χ3n) is 10.5. The molecule has 2 saturated carbocycles. The highest BCUT2D eigenvalue weighted by Gasteiger charge is 2.76. The quantitative estimate of drug-likeness (QED) is 0.247. The van der Waals surface area contributed by atoms with Crippen LogP contribution >= 0.6 is 23.2 Å². The molecule has 4 amide bonds. The van der Waals surface area contributed by atoms with Crippen molar-refractivity contribution in [1.29, 1.82) is 0 Å². The summed E-state index contributed by atoms with van der Waals surface area (Å²) < 4.78 is 19.5. The minimum Gasteiger partial charge on any atom is -0.504 e. The van der Waals surface area contributed by atoms with Gasteiger partial charge in [-0.1, -0.05) is 37.0 Å². The molecule has 0 unspecified atom stereocenters. The van der Waals surface area contributed by atoms with Gasteiger partial charge in [0.25, 0.3) is 11.8 Å². The number of fused-ring (bicyclic) bond motifs is 4. The lowest BCUT2D eigenvalue weighted by Crippen LogP contribution is -2.60. The summed E-state index contributed by atoms with van der Waals surface area (Å²) in [6.45, 7) is 2.02. The first-order valence-corrected chi connectivity index (χ1v) is 16.3. The molecule has 0 spiro atoms. The SMILES string of the molecule is CCOc1cc([C@H]2C3=CC[C@@H]4C(=O)N(C5CCCCC5)C(=O)[C@@H]4[C@@H]3C[C@@]3(Cl)C(=O)N(c4ccc(F)cc4)C(=O)[C@@]23Cl)ccc1O. The number of carbonyl (C=O) groups excluding carboxylic acids is 4. The van der Waals surface area contributed by atoms with E-state index in [4.69, 9.17) is 27.9 Å². The molecule has 7 rings (SSSR count). The zero-order valence-electron chi connectivity index (χ0n) is 24.7. The predicted octanol–water partition coefficient (Wildman–Crippen LogP) is 5.83. The van der Waals surface area contributed by atoms with Crippen LogP contribution in [0.15, 0.2) is 54.1 Å². The fourth-order valence-electron chi connectivity index (χ4n) is 8.48. The molecule has 3 aliphatic carbocycles. The van der Waals surface area contributed by atoms with Gasteiger partial charge in [-0.2, -0.15) is 0 Å². The molecule has 0 radical (unpaired) electrons. The smallest absolute Gasteiger partial charge is 0.258 e. The van der Waals surface area contributed by atoms with E-state index in [0.717, 1.165) is 49.1 Å². The van der Waals surface area contributed by atoms with Crippen molar-refractivity contribution in [2.24, 2.45) is 17.8 Å². The number of phenols is 1. The Balaban J connectivity index is 1.39. The number of aromatic hydroxyl groups is 1. The van der Waals surface area contributed by atoms with E-state index in [0.29, 0.717) is 11.1 Å². The van der Waals surface area contributed by atoms with Crippen molar-refractivity contribution >= 4 is 52.5 Å². The molecule has 2 aromatic carbocycles. The van der Waals surface area contributed by atoms with E-state index in [9.17, 15) is 28.7 Å². The number of likely N-dealkylation sites (tertiary alicyclic amines) is 1. The summed E-state index contributed by atoms with van der Waals surface area (Å²) in [4.78, 5) is 55.1. The van der Waals surface area contributed by atoms with Crippen LogP contribution in [-0.4, -0.2) is 56.0 Å². The fraction of sp³-hybridized carbons (Fsp3) is 0.471. The molecule has 2 aliphatic heterocycles. The molecule has 11 heteroatoms. The molecule has 5 aliphatic rings. The summed E-state index contributed by atoms with van der Waals surface area (Å²) >= 11 is 14.8. The number of rotatable bonds is 5. The van der Waals surface area contributed by atoms with Gasteiger partial charge in [0.05, 0.1) is 24.1 Å². The Bertz CT molecular complexity index is 1640. The number of amides is 4. The average molecular weight is 656 g/mol. The Hall–Kier alpha value is -3.43. The summed E-state index contributed by atoms with van der Waals surface area (Å²) in [5.74, 6) is -5.53. The van der Waals surface area contributed by atoms with Gasteiger partial charge in [-0.05, 0) is 80.5 Å². The van der Waals surface area contributed by atoms with Crippen LogP contribution in [0.25, 0.3) is 0 Å². The molecule has 236 valence electrons. The first-order chi connectivity index (χ1) is 21.5. The second kappa shape index (κ2) is 10.8. The molecule has 8 nitrogen and oxygen atoms in total. The molecule has 2 aromatic rings. The van der Waals surface area contributed by atoms with Gasteiger partial charge >= 0.3 is 0 Å². The molecule has 0 bridgehead atoms. The first-order valence-electron chi connectivity index (χ1n) is 15.6. The molecule has 4 fully saturated rings. The zero-order chi connectivity index (χ0) is 31.8. The van der Waals surface area contributed by atoms with Gasteiger partial charge in [-0.25, -0.2) is 9.29 Å². The van der Waals surface area contributed by atoms with Crippen molar-refractivity contribution in [3.05, 3.63) is 65.5 Å². The zero-order valence-corrected chi connectivity index (χ0v) is 26.2. The summed E-state index contributed by atoms with van der Waals surface area (Å²) in [5, 5.41) is 10.5. The maximum atomic E-state index is 14.5. The average Bonchev–Trinajstić information content (AvgIpc) is 3.37. The number of alkyl halides is 2. The van der Waals surface area contributed by atoms with Crippen LogP contribution in [0.2, 0.25) is 0 Å². The van der Waals surface area contributed by atoms with E-state index in [-0.39, 0.29) is 54.5 Å². The highest BCUT2D eigenvalue weighted by Crippen LogP contribution is 2.66. The normalized spacial score (nSPS) is 33.2. The lowest BCUT2D eigenvalue weighted by molar-refractivity contribution is -0.143. The van der Waals surface area contributed by atoms with E-state index in [1.807, 2.05) is 6.08 Å². The summed E-state index contributed by atoms with van der Waals surface area (Å²) in [7, 11) is 0. The summed E-state index contributed by atoms with van der Waals surface area (Å²) in [6.07, 6.45) is 6.53. The van der Waals surface area contributed by atoms with Crippen molar-refractivity contribution in [2.75, 3.05) is 11.5 Å². The number of hydrogen-bond acceptors (Lipinski definition) is 6. The second-order valence-corrected chi connectivity index (χ2v) is 14.0. The Morgan fingerprint density at radius 2 is 1.67 bits per heavy atom. The molecular weight excluding hydrogens is 622 g/mol. The second-order valence-electron chi connectivity index (χ2n) is 12.7. The van der Waals surface area contributed by atoms with Gasteiger partial charge in [0.2, 0.25) is 11.8 Å². The summed E-state index contributed by atoms with van der Waals surface area (Å²) in [5.41, 5.74) is 1.24. The molecule has 2 saturated heterocycles. The maximum absolute atomic E-state index is 14.5. The number of imide groups is 2. The number of phenolic OH excluding ortho intramolecular Hbond substituents is 1. The van der Waals surface area contributed by atoms with Gasteiger partial charge < -0.3 is 9.84 Å². The molecule has 45 heavy (non-hydrogen) atoms. The van der Waals surface area contributed by atoms with Crippen LogP contribution in [0.1, 0.15) is 63.4 Å². The molecule has 1 N–H and O–H groups in total. The van der Waals surface area contributed by atoms with E-state index in [1.165, 1.54) is 23.1 Å². The highest BCUT2D eigenvalue weighted by molar-refractivity contribution is 6.58. The van der Waals surface area contributed by atoms with E-state index >= 15 is 0 Å².